The molecule has 54 valence electrons. The quantitative estimate of drug-likeness (QED) is 0.492. The molecule has 0 aromatic rings. The van der Waals surface area contributed by atoms with Gasteiger partial charge in [-0.1, -0.05) is 0 Å². The lowest BCUT2D eigenvalue weighted by atomic mass is 10.1. The smallest absolute Gasteiger partial charge is 0.0193 e. The molecule has 2 N–H and O–H groups in total. The van der Waals surface area contributed by atoms with E-state index in [1.807, 2.05) is 0 Å². The van der Waals surface area contributed by atoms with Gasteiger partial charge in [0.25, 0.3) is 0 Å². The summed E-state index contributed by atoms with van der Waals surface area (Å²) in [6.07, 6.45) is 0. The van der Waals surface area contributed by atoms with Gasteiger partial charge in [-0.2, -0.15) is 0 Å². The Morgan fingerprint density at radius 2 is 1.78 bits per heavy atom. The molecule has 2 heteroatoms. The maximum absolute atomic E-state index is 3.47. The van der Waals surface area contributed by atoms with Crippen molar-refractivity contribution in [3.8, 4) is 0 Å². The second kappa shape index (κ2) is 2.67. The van der Waals surface area contributed by atoms with Crippen LogP contribution in [0.1, 0.15) is 20.8 Å². The van der Waals surface area contributed by atoms with Gasteiger partial charge >= 0.3 is 0 Å². The van der Waals surface area contributed by atoms with Gasteiger partial charge in [-0.3, -0.25) is 0 Å². The molecule has 0 aliphatic carbocycles. The molecule has 0 aromatic heterocycles. The van der Waals surface area contributed by atoms with Crippen molar-refractivity contribution < 1.29 is 0 Å². The van der Waals surface area contributed by atoms with Crippen LogP contribution in [-0.2, 0) is 0 Å². The molecule has 1 aliphatic rings. The average molecular weight is 128 g/mol. The van der Waals surface area contributed by atoms with Crippen molar-refractivity contribution in [3.05, 3.63) is 0 Å². The molecular weight excluding hydrogens is 112 g/mol. The third-order valence-corrected chi connectivity index (χ3v) is 2.04. The summed E-state index contributed by atoms with van der Waals surface area (Å²) in [7, 11) is 0. The Balaban J connectivity index is 2.35. The molecule has 0 aromatic carbocycles. The van der Waals surface area contributed by atoms with Gasteiger partial charge in [0.05, 0.1) is 0 Å². The molecule has 0 bridgehead atoms. The van der Waals surface area contributed by atoms with E-state index in [1.165, 1.54) is 0 Å². The summed E-state index contributed by atoms with van der Waals surface area (Å²) < 4.78 is 0. The highest BCUT2D eigenvalue weighted by atomic mass is 15.1. The lowest BCUT2D eigenvalue weighted by molar-refractivity contribution is 0.305. The van der Waals surface area contributed by atoms with E-state index in [0.29, 0.717) is 18.1 Å². The van der Waals surface area contributed by atoms with E-state index in [2.05, 4.69) is 31.4 Å². The zero-order chi connectivity index (χ0) is 6.85. The van der Waals surface area contributed by atoms with Crippen LogP contribution in [0, 0.1) is 0 Å². The molecule has 0 spiro atoms. The van der Waals surface area contributed by atoms with Gasteiger partial charge in [0.1, 0.15) is 0 Å². The van der Waals surface area contributed by atoms with Gasteiger partial charge in [-0.15, -0.1) is 0 Å². The van der Waals surface area contributed by atoms with Crippen molar-refractivity contribution in [2.45, 2.75) is 38.9 Å². The fourth-order valence-corrected chi connectivity index (χ4v) is 1.19. The Morgan fingerprint density at radius 1 is 1.11 bits per heavy atom. The molecule has 1 rings (SSSR count). The van der Waals surface area contributed by atoms with Crippen LogP contribution in [0.3, 0.4) is 0 Å². The lowest BCUT2D eigenvalue weighted by Gasteiger charge is -2.32. The zero-order valence-electron chi connectivity index (χ0n) is 6.44. The molecule has 2 nitrogen and oxygen atoms in total. The maximum atomic E-state index is 3.47. The summed E-state index contributed by atoms with van der Waals surface area (Å²) in [5, 5.41) is 6.89. The van der Waals surface area contributed by atoms with Crippen LogP contribution in [0.15, 0.2) is 0 Å². The predicted molar refractivity (Wildman–Crippen MR) is 39.5 cm³/mol. The highest BCUT2D eigenvalue weighted by Crippen LogP contribution is 1.99. The van der Waals surface area contributed by atoms with E-state index in [1.54, 1.807) is 0 Å². The second-order valence-corrected chi connectivity index (χ2v) is 3.05. The molecule has 0 radical (unpaired) electrons. The number of rotatable bonds is 0. The Labute approximate surface area is 57.0 Å². The third-order valence-electron chi connectivity index (χ3n) is 2.04. The van der Waals surface area contributed by atoms with Crippen molar-refractivity contribution in [3.63, 3.8) is 0 Å². The van der Waals surface area contributed by atoms with Gasteiger partial charge < -0.3 is 10.6 Å². The Kier molecular flexibility index (Phi) is 2.09. The summed E-state index contributed by atoms with van der Waals surface area (Å²) in [4.78, 5) is 0. The SMILES string of the molecule is C[C@@H]1NC[C@H](C)N[C@H]1C. The lowest BCUT2D eigenvalue weighted by Crippen LogP contribution is -2.57. The standard InChI is InChI=1S/C7H16N2/c1-5-4-8-6(2)7(3)9-5/h5-9H,4H2,1-3H3/t5-,6-,7-/m0/s1. The summed E-state index contributed by atoms with van der Waals surface area (Å²) >= 11 is 0. The Hall–Kier alpha value is -0.0800. The zero-order valence-corrected chi connectivity index (χ0v) is 6.44. The first kappa shape index (κ1) is 7.03. The normalized spacial score (nSPS) is 45.0. The van der Waals surface area contributed by atoms with Crippen LogP contribution in [0.5, 0.6) is 0 Å². The first-order chi connectivity index (χ1) is 4.20. The fraction of sp³-hybridized carbons (Fsp3) is 1.00. The van der Waals surface area contributed by atoms with Gasteiger partial charge in [-0.05, 0) is 20.8 Å². The predicted octanol–water partition coefficient (Wildman–Crippen LogP) is 0.345. The van der Waals surface area contributed by atoms with Crippen LogP contribution < -0.4 is 10.6 Å². The average Bonchev–Trinajstić information content (AvgIpc) is 1.80. The first-order valence-corrected chi connectivity index (χ1v) is 3.69. The minimum atomic E-state index is 0.619. The molecule has 1 fully saturated rings. The number of hydrogen-bond donors (Lipinski definition) is 2. The molecule has 0 unspecified atom stereocenters. The minimum absolute atomic E-state index is 0.619. The molecule has 1 heterocycles. The molecule has 9 heavy (non-hydrogen) atoms. The van der Waals surface area contributed by atoms with Crippen LogP contribution in [-0.4, -0.2) is 24.7 Å². The summed E-state index contributed by atoms with van der Waals surface area (Å²) in [5.41, 5.74) is 0. The minimum Gasteiger partial charge on any atom is -0.311 e. The van der Waals surface area contributed by atoms with Gasteiger partial charge in [-0.25, -0.2) is 0 Å². The van der Waals surface area contributed by atoms with Gasteiger partial charge in [0.15, 0.2) is 0 Å². The van der Waals surface area contributed by atoms with Gasteiger partial charge in [0.2, 0.25) is 0 Å². The van der Waals surface area contributed by atoms with E-state index in [0.717, 1.165) is 6.54 Å². The summed E-state index contributed by atoms with van der Waals surface area (Å²) in [6.45, 7) is 7.73. The van der Waals surface area contributed by atoms with Crippen LogP contribution >= 0.6 is 0 Å². The number of hydrogen-bond acceptors (Lipinski definition) is 2. The molecule has 1 aliphatic heterocycles. The monoisotopic (exact) mass is 128 g/mol. The van der Waals surface area contributed by atoms with Crippen molar-refractivity contribution in [1.29, 1.82) is 0 Å². The van der Waals surface area contributed by atoms with Crippen LogP contribution in [0.25, 0.3) is 0 Å². The van der Waals surface area contributed by atoms with E-state index < -0.39 is 0 Å². The van der Waals surface area contributed by atoms with Crippen LogP contribution in [0.2, 0.25) is 0 Å². The number of nitrogens with one attached hydrogen (secondary N) is 2. The molecular formula is C7H16N2. The van der Waals surface area contributed by atoms with E-state index in [4.69, 9.17) is 0 Å². The van der Waals surface area contributed by atoms with E-state index in [-0.39, 0.29) is 0 Å². The van der Waals surface area contributed by atoms with E-state index >= 15 is 0 Å². The third kappa shape index (κ3) is 1.66. The fourth-order valence-electron chi connectivity index (χ4n) is 1.19. The van der Waals surface area contributed by atoms with E-state index in [9.17, 15) is 0 Å². The molecule has 0 saturated carbocycles. The highest BCUT2D eigenvalue weighted by molar-refractivity contribution is 4.84. The molecule has 1 saturated heterocycles. The van der Waals surface area contributed by atoms with Gasteiger partial charge in [0, 0.05) is 24.7 Å². The first-order valence-electron chi connectivity index (χ1n) is 3.69. The summed E-state index contributed by atoms with van der Waals surface area (Å²) in [6, 6.07) is 1.88. The molecule has 0 amide bonds. The Morgan fingerprint density at radius 3 is 2.22 bits per heavy atom. The van der Waals surface area contributed by atoms with Crippen LogP contribution in [0.4, 0.5) is 0 Å². The topological polar surface area (TPSA) is 24.1 Å². The summed E-state index contributed by atoms with van der Waals surface area (Å²) in [5.74, 6) is 0. The highest BCUT2D eigenvalue weighted by Gasteiger charge is 2.18. The Bertz CT molecular complexity index is 92.9. The second-order valence-electron chi connectivity index (χ2n) is 3.05. The van der Waals surface area contributed by atoms with Crippen molar-refractivity contribution in [2.75, 3.05) is 6.54 Å². The maximum Gasteiger partial charge on any atom is 0.0193 e. The number of piperazine rings is 1. The van der Waals surface area contributed by atoms with Crippen molar-refractivity contribution in [1.82, 2.24) is 10.6 Å². The van der Waals surface area contributed by atoms with Crippen molar-refractivity contribution in [2.24, 2.45) is 0 Å². The largest absolute Gasteiger partial charge is 0.311 e. The van der Waals surface area contributed by atoms with Crippen molar-refractivity contribution >= 4 is 0 Å². The molecule has 3 atom stereocenters.